The summed E-state index contributed by atoms with van der Waals surface area (Å²) in [6.07, 6.45) is 8.17. The number of piperidine rings is 1. The molecule has 2 amide bonds. The molecule has 6 rings (SSSR count). The molecule has 1 aromatic carbocycles. The number of nitrogens with one attached hydrogen (secondary N) is 1. The second-order valence-corrected chi connectivity index (χ2v) is 12.8. The van der Waals surface area contributed by atoms with Gasteiger partial charge in [0, 0.05) is 56.2 Å². The zero-order chi connectivity index (χ0) is 32.2. The Morgan fingerprint density at radius 3 is 2.44 bits per heavy atom. The van der Waals surface area contributed by atoms with Gasteiger partial charge in [-0.15, -0.1) is 0 Å². The number of carbonyl (C=O) groups is 2. The number of imidazole rings is 1. The molecule has 1 N–H and O–H groups in total. The molecule has 13 heteroatoms. The largest absolute Gasteiger partial charge is 0.493 e. The lowest BCUT2D eigenvalue weighted by molar-refractivity contribution is 0.0114. The van der Waals surface area contributed by atoms with Crippen LogP contribution in [0.3, 0.4) is 0 Å². The molecule has 1 aliphatic heterocycles. The van der Waals surface area contributed by atoms with E-state index < -0.39 is 17.3 Å². The van der Waals surface area contributed by atoms with Crippen LogP contribution in [0.1, 0.15) is 68.1 Å². The normalized spacial score (nSPS) is 15.7. The van der Waals surface area contributed by atoms with Gasteiger partial charge in [-0.1, -0.05) is 0 Å². The van der Waals surface area contributed by atoms with Crippen molar-refractivity contribution in [1.82, 2.24) is 24.1 Å². The van der Waals surface area contributed by atoms with Crippen LogP contribution in [0.2, 0.25) is 0 Å². The third-order valence-corrected chi connectivity index (χ3v) is 8.19. The van der Waals surface area contributed by atoms with E-state index in [4.69, 9.17) is 9.47 Å². The number of amides is 2. The molecule has 0 spiro atoms. The summed E-state index contributed by atoms with van der Waals surface area (Å²) in [5.74, 6) is -1.31. The van der Waals surface area contributed by atoms with E-state index in [2.05, 4.69) is 26.4 Å². The molecule has 0 bridgehead atoms. The number of anilines is 2. The second-order valence-electron chi connectivity index (χ2n) is 12.8. The molecule has 45 heavy (non-hydrogen) atoms. The molecule has 1 saturated carbocycles. The lowest BCUT2D eigenvalue weighted by Gasteiger charge is -2.40. The SMILES string of the molecule is COc1c(NC(=O)c2c(F)cc(N3CCC(N(C(=O)OC(C)(C)C)C4CC4)CC3)c3cn(C)nc23)cn2cc(C)nc2c1C#N. The Labute approximate surface area is 260 Å². The molecule has 0 atom stereocenters. The van der Waals surface area contributed by atoms with Crippen LogP contribution in [0.5, 0.6) is 5.75 Å². The number of aromatic nitrogens is 4. The maximum atomic E-state index is 16.0. The highest BCUT2D eigenvalue weighted by molar-refractivity contribution is 6.14. The quantitative estimate of drug-likeness (QED) is 0.314. The van der Waals surface area contributed by atoms with Gasteiger partial charge in [0.05, 0.1) is 18.5 Å². The number of hydrogen-bond acceptors (Lipinski definition) is 8. The highest BCUT2D eigenvalue weighted by Crippen LogP contribution is 2.38. The van der Waals surface area contributed by atoms with Crippen molar-refractivity contribution in [3.05, 3.63) is 47.3 Å². The number of methoxy groups -OCH3 is 1. The van der Waals surface area contributed by atoms with Crippen molar-refractivity contribution in [2.45, 2.75) is 71.1 Å². The first kappa shape index (κ1) is 30.2. The predicted octanol–water partition coefficient (Wildman–Crippen LogP) is 5.17. The monoisotopic (exact) mass is 616 g/mol. The molecule has 4 heterocycles. The first-order valence-electron chi connectivity index (χ1n) is 15.1. The van der Waals surface area contributed by atoms with Gasteiger partial charge in [-0.2, -0.15) is 10.4 Å². The van der Waals surface area contributed by atoms with Crippen LogP contribution < -0.4 is 15.0 Å². The number of hydrogen-bond donors (Lipinski definition) is 1. The number of fused-ring (bicyclic) bond motifs is 2. The van der Waals surface area contributed by atoms with Crippen LogP contribution in [0.25, 0.3) is 16.6 Å². The zero-order valence-corrected chi connectivity index (χ0v) is 26.3. The van der Waals surface area contributed by atoms with Gasteiger partial charge in [0.2, 0.25) is 0 Å². The predicted molar refractivity (Wildman–Crippen MR) is 166 cm³/mol. The van der Waals surface area contributed by atoms with Gasteiger partial charge < -0.3 is 29.0 Å². The lowest BCUT2D eigenvalue weighted by Crippen LogP contribution is -2.50. The molecule has 4 aromatic rings. The Bertz CT molecular complexity index is 1850. The summed E-state index contributed by atoms with van der Waals surface area (Å²) >= 11 is 0. The summed E-state index contributed by atoms with van der Waals surface area (Å²) in [6, 6.07) is 3.72. The van der Waals surface area contributed by atoms with Crippen molar-refractivity contribution in [3.63, 3.8) is 0 Å². The molecular formula is C32H37FN8O4. The van der Waals surface area contributed by atoms with Crippen LogP contribution in [0, 0.1) is 24.1 Å². The fraction of sp³-hybridized carbons (Fsp3) is 0.469. The average Bonchev–Trinajstić information content (AvgIpc) is 3.61. The molecule has 236 valence electrons. The minimum atomic E-state index is -0.725. The number of rotatable bonds is 6. The Balaban J connectivity index is 1.28. The van der Waals surface area contributed by atoms with E-state index in [1.54, 1.807) is 41.6 Å². The van der Waals surface area contributed by atoms with Crippen LogP contribution in [-0.2, 0) is 11.8 Å². The minimum Gasteiger partial charge on any atom is -0.493 e. The van der Waals surface area contributed by atoms with Gasteiger partial charge in [0.1, 0.15) is 39.8 Å². The number of benzene rings is 1. The molecule has 0 unspecified atom stereocenters. The standard InChI is InChI=1S/C32H37FN8O4/c1-18-15-40-17-24(28(44-6)21(14-34)29(40)35-18)36-30(42)26-23(33)13-25(22-16-38(5)37-27(22)26)39-11-9-20(10-12-39)41(19-7-8-19)31(43)45-32(2,3)4/h13,15-17,19-20H,7-12H2,1-6H3,(H,36,42). The highest BCUT2D eigenvalue weighted by atomic mass is 19.1. The summed E-state index contributed by atoms with van der Waals surface area (Å²) < 4.78 is 30.3. The van der Waals surface area contributed by atoms with Crippen LogP contribution in [-0.4, -0.2) is 73.9 Å². The number of pyridine rings is 1. The van der Waals surface area contributed by atoms with Gasteiger partial charge in [-0.3, -0.25) is 9.48 Å². The number of nitrogens with zero attached hydrogens (tertiary/aromatic N) is 7. The summed E-state index contributed by atoms with van der Waals surface area (Å²) in [5.41, 5.74) is 1.50. The van der Waals surface area contributed by atoms with Crippen molar-refractivity contribution in [3.8, 4) is 11.8 Å². The third kappa shape index (κ3) is 5.72. The number of nitriles is 1. The molecule has 2 aliphatic rings. The molecule has 3 aromatic heterocycles. The van der Waals surface area contributed by atoms with E-state index in [1.807, 2.05) is 25.7 Å². The zero-order valence-electron chi connectivity index (χ0n) is 26.3. The van der Waals surface area contributed by atoms with Crippen molar-refractivity contribution in [2.75, 3.05) is 30.4 Å². The van der Waals surface area contributed by atoms with Crippen molar-refractivity contribution >= 4 is 39.9 Å². The van der Waals surface area contributed by atoms with Gasteiger partial charge in [-0.05, 0) is 59.4 Å². The van der Waals surface area contributed by atoms with Gasteiger partial charge in [0.15, 0.2) is 11.4 Å². The van der Waals surface area contributed by atoms with E-state index >= 15 is 4.39 Å². The average molecular weight is 617 g/mol. The van der Waals surface area contributed by atoms with Crippen molar-refractivity contribution in [2.24, 2.45) is 7.05 Å². The summed E-state index contributed by atoms with van der Waals surface area (Å²) in [6.45, 7) is 8.61. The van der Waals surface area contributed by atoms with Gasteiger partial charge >= 0.3 is 6.09 Å². The smallest absolute Gasteiger partial charge is 0.410 e. The third-order valence-electron chi connectivity index (χ3n) is 8.19. The van der Waals surface area contributed by atoms with E-state index in [1.165, 1.54) is 13.2 Å². The Morgan fingerprint density at radius 2 is 1.82 bits per heavy atom. The molecule has 1 aliphatic carbocycles. The Hall–Kier alpha value is -4.86. The van der Waals surface area contributed by atoms with Crippen molar-refractivity contribution in [1.29, 1.82) is 5.26 Å². The fourth-order valence-corrected chi connectivity index (χ4v) is 6.19. The van der Waals surface area contributed by atoms with Crippen LogP contribution >= 0.6 is 0 Å². The molecule has 0 radical (unpaired) electrons. The van der Waals surface area contributed by atoms with Gasteiger partial charge in [0.25, 0.3) is 5.91 Å². The van der Waals surface area contributed by atoms with E-state index in [9.17, 15) is 14.9 Å². The van der Waals surface area contributed by atoms with Gasteiger partial charge in [-0.25, -0.2) is 14.2 Å². The van der Waals surface area contributed by atoms with Crippen molar-refractivity contribution < 1.29 is 23.5 Å². The number of aryl methyl sites for hydroxylation is 2. The summed E-state index contributed by atoms with van der Waals surface area (Å²) in [5, 5.41) is 17.7. The number of carbonyl (C=O) groups excluding carboxylic acids is 2. The Kier molecular flexibility index (Phi) is 7.54. The van der Waals surface area contributed by atoms with Crippen LogP contribution in [0.15, 0.2) is 24.7 Å². The maximum Gasteiger partial charge on any atom is 0.410 e. The number of halogens is 1. The molecule has 1 saturated heterocycles. The van der Waals surface area contributed by atoms with E-state index in [0.717, 1.165) is 12.8 Å². The van der Waals surface area contributed by atoms with E-state index in [-0.39, 0.29) is 46.3 Å². The second kappa shape index (κ2) is 11.3. The first-order chi connectivity index (χ1) is 21.4. The topological polar surface area (TPSA) is 130 Å². The highest BCUT2D eigenvalue weighted by Gasteiger charge is 2.41. The minimum absolute atomic E-state index is 0.0350. The first-order valence-corrected chi connectivity index (χ1v) is 15.1. The van der Waals surface area contributed by atoms with Crippen LogP contribution in [0.4, 0.5) is 20.6 Å². The molecule has 2 fully saturated rings. The lowest BCUT2D eigenvalue weighted by atomic mass is 10.0. The Morgan fingerprint density at radius 1 is 1.13 bits per heavy atom. The maximum absolute atomic E-state index is 16.0. The summed E-state index contributed by atoms with van der Waals surface area (Å²) in [4.78, 5) is 35.1. The number of ether oxygens (including phenoxy) is 2. The molecular weight excluding hydrogens is 579 g/mol. The fourth-order valence-electron chi connectivity index (χ4n) is 6.19. The summed E-state index contributed by atoms with van der Waals surface area (Å²) in [7, 11) is 3.12. The van der Waals surface area contributed by atoms with E-state index in [0.29, 0.717) is 48.3 Å². The molecule has 12 nitrogen and oxygen atoms in total.